The number of rotatable bonds is 8. The number of amides is 1. The Morgan fingerprint density at radius 3 is 2.46 bits per heavy atom. The Bertz CT molecular complexity index is 854. The van der Waals surface area contributed by atoms with Gasteiger partial charge in [-0.1, -0.05) is 23.7 Å². The summed E-state index contributed by atoms with van der Waals surface area (Å²) in [5, 5.41) is 9.31. The summed E-state index contributed by atoms with van der Waals surface area (Å²) in [6.45, 7) is 1.21. The molecule has 2 rings (SSSR count). The molecule has 0 fully saturated rings. The summed E-state index contributed by atoms with van der Waals surface area (Å²) in [4.78, 5) is 37.0. The lowest BCUT2D eigenvalue weighted by Crippen LogP contribution is -2.35. The molecular weight excluding hydrogens is 450 g/mol. The van der Waals surface area contributed by atoms with Crippen molar-refractivity contribution in [2.45, 2.75) is 24.8 Å². The summed E-state index contributed by atoms with van der Waals surface area (Å²) < 4.78 is 5.03. The third-order valence-corrected chi connectivity index (χ3v) is 4.20. The minimum Gasteiger partial charge on any atom is -0.480 e. The molecule has 2 aromatic carbocycles. The number of carboxylic acid groups (broad SMARTS) is 1. The van der Waals surface area contributed by atoms with Crippen molar-refractivity contribution in [3.63, 3.8) is 0 Å². The Hall–Kier alpha value is -2.38. The highest BCUT2D eigenvalue weighted by Crippen LogP contribution is 2.21. The molecular formula is C20H19BrClNO5. The van der Waals surface area contributed by atoms with Crippen LogP contribution in [0.4, 0.5) is 5.69 Å². The summed E-state index contributed by atoms with van der Waals surface area (Å²) in [7, 11) is 0. The minimum atomic E-state index is -1.13. The second kappa shape index (κ2) is 10.2. The molecule has 0 saturated heterocycles. The van der Waals surface area contributed by atoms with E-state index in [9.17, 15) is 19.5 Å². The summed E-state index contributed by atoms with van der Waals surface area (Å²) >= 11 is 9.02. The summed E-state index contributed by atoms with van der Waals surface area (Å²) in [5.41, 5.74) is 1.53. The zero-order chi connectivity index (χ0) is 20.7. The van der Waals surface area contributed by atoms with Crippen molar-refractivity contribution in [3.05, 3.63) is 64.7 Å². The molecule has 2 aromatic rings. The first-order valence-corrected chi connectivity index (χ1v) is 9.77. The largest absolute Gasteiger partial charge is 0.480 e. The maximum atomic E-state index is 12.9. The van der Waals surface area contributed by atoms with Crippen LogP contribution in [0, 0.1) is 0 Å². The normalized spacial score (nSPS) is 11.5. The molecule has 1 N–H and O–H groups in total. The first kappa shape index (κ1) is 21.9. The van der Waals surface area contributed by atoms with Crippen molar-refractivity contribution in [1.29, 1.82) is 0 Å². The average Bonchev–Trinajstić information content (AvgIpc) is 2.64. The summed E-state index contributed by atoms with van der Waals surface area (Å²) in [5.74, 6) is -1.94. The van der Waals surface area contributed by atoms with Gasteiger partial charge in [-0.3, -0.25) is 19.3 Å². The van der Waals surface area contributed by atoms with Gasteiger partial charge in [-0.15, -0.1) is 0 Å². The van der Waals surface area contributed by atoms with E-state index in [0.717, 1.165) is 5.56 Å². The third kappa shape index (κ3) is 6.65. The van der Waals surface area contributed by atoms with Crippen LogP contribution in [0.1, 0.15) is 29.3 Å². The molecule has 28 heavy (non-hydrogen) atoms. The molecule has 0 saturated carbocycles. The molecule has 148 valence electrons. The number of ether oxygens (including phenoxy) is 1. The summed E-state index contributed by atoms with van der Waals surface area (Å²) in [6, 6.07) is 13.1. The van der Waals surface area contributed by atoms with Crippen LogP contribution in [0.2, 0.25) is 5.02 Å². The van der Waals surface area contributed by atoms with Crippen molar-refractivity contribution >= 4 is 51.1 Å². The average molecular weight is 469 g/mol. The number of carboxylic acids is 1. The van der Waals surface area contributed by atoms with Gasteiger partial charge in [0.1, 0.15) is 6.54 Å². The lowest BCUT2D eigenvalue weighted by Gasteiger charge is -2.21. The van der Waals surface area contributed by atoms with E-state index in [1.165, 1.54) is 4.90 Å². The highest BCUT2D eigenvalue weighted by molar-refractivity contribution is 9.09. The van der Waals surface area contributed by atoms with E-state index in [0.29, 0.717) is 22.7 Å². The first-order chi connectivity index (χ1) is 13.3. The molecule has 6 nitrogen and oxygen atoms in total. The summed E-state index contributed by atoms with van der Waals surface area (Å²) in [6.07, 6.45) is 0.573. The van der Waals surface area contributed by atoms with Crippen LogP contribution < -0.4 is 4.90 Å². The second-order valence-electron chi connectivity index (χ2n) is 5.99. The van der Waals surface area contributed by atoms with Gasteiger partial charge < -0.3 is 9.84 Å². The molecule has 0 aliphatic rings. The van der Waals surface area contributed by atoms with E-state index < -0.39 is 18.4 Å². The van der Waals surface area contributed by atoms with Crippen LogP contribution in [0.3, 0.4) is 0 Å². The molecule has 0 aromatic heterocycles. The highest BCUT2D eigenvalue weighted by atomic mass is 79.9. The topological polar surface area (TPSA) is 83.9 Å². The van der Waals surface area contributed by atoms with Gasteiger partial charge in [0.15, 0.2) is 5.01 Å². The van der Waals surface area contributed by atoms with E-state index in [1.807, 2.05) is 0 Å². The van der Waals surface area contributed by atoms with E-state index in [-0.39, 0.29) is 17.4 Å². The van der Waals surface area contributed by atoms with E-state index in [1.54, 1.807) is 55.5 Å². The Morgan fingerprint density at radius 2 is 1.86 bits per heavy atom. The number of carbonyl (C=O) groups excluding carboxylic acids is 2. The Kier molecular flexibility index (Phi) is 8.02. The van der Waals surface area contributed by atoms with Gasteiger partial charge in [0, 0.05) is 22.7 Å². The maximum Gasteiger partial charge on any atom is 0.323 e. The van der Waals surface area contributed by atoms with Crippen LogP contribution in [-0.2, 0) is 20.7 Å². The molecule has 0 bridgehead atoms. The first-order valence-electron chi connectivity index (χ1n) is 8.48. The SMILES string of the molecule is CC(Br)OC(=O)CCc1cccc(C(=O)N(CC(=O)O)c2ccc(Cl)cc2)c1. The quantitative estimate of drug-likeness (QED) is 0.461. The lowest BCUT2D eigenvalue weighted by atomic mass is 10.1. The van der Waals surface area contributed by atoms with Gasteiger partial charge in [-0.05, 0) is 71.2 Å². The molecule has 1 unspecified atom stereocenters. The number of halogens is 2. The van der Waals surface area contributed by atoms with Gasteiger partial charge in [0.2, 0.25) is 0 Å². The Morgan fingerprint density at radius 1 is 1.18 bits per heavy atom. The maximum absolute atomic E-state index is 12.9. The van der Waals surface area contributed by atoms with Gasteiger partial charge >= 0.3 is 11.9 Å². The Labute approximate surface area is 176 Å². The van der Waals surface area contributed by atoms with Crippen LogP contribution in [0.15, 0.2) is 48.5 Å². The van der Waals surface area contributed by atoms with E-state index in [4.69, 9.17) is 16.3 Å². The molecule has 0 heterocycles. The number of hydrogen-bond donors (Lipinski definition) is 1. The number of nitrogens with zero attached hydrogens (tertiary/aromatic N) is 1. The molecule has 0 radical (unpaired) electrons. The number of hydrogen-bond acceptors (Lipinski definition) is 4. The predicted molar refractivity (Wildman–Crippen MR) is 110 cm³/mol. The fourth-order valence-corrected chi connectivity index (χ4v) is 2.87. The van der Waals surface area contributed by atoms with E-state index in [2.05, 4.69) is 15.9 Å². The van der Waals surface area contributed by atoms with Crippen molar-refractivity contribution < 1.29 is 24.2 Å². The molecule has 0 aliphatic carbocycles. The standard InChI is InChI=1S/C20H19BrClNO5/c1-13(21)28-19(26)10-5-14-3-2-4-15(11-14)20(27)23(12-18(24)25)17-8-6-16(22)7-9-17/h2-4,6-9,11,13H,5,10,12H2,1H3,(H,24,25). The van der Waals surface area contributed by atoms with Crippen molar-refractivity contribution in [1.82, 2.24) is 0 Å². The Balaban J connectivity index is 2.19. The number of alkyl halides is 1. The van der Waals surface area contributed by atoms with Crippen LogP contribution in [0.25, 0.3) is 0 Å². The number of benzene rings is 2. The lowest BCUT2D eigenvalue weighted by molar-refractivity contribution is -0.144. The van der Waals surface area contributed by atoms with Crippen molar-refractivity contribution in [3.8, 4) is 0 Å². The van der Waals surface area contributed by atoms with Gasteiger partial charge in [-0.2, -0.15) is 0 Å². The second-order valence-corrected chi connectivity index (χ2v) is 7.72. The smallest absolute Gasteiger partial charge is 0.323 e. The van der Waals surface area contributed by atoms with Crippen molar-refractivity contribution in [2.24, 2.45) is 0 Å². The molecule has 0 spiro atoms. The number of carbonyl (C=O) groups is 3. The fraction of sp³-hybridized carbons (Fsp3) is 0.250. The zero-order valence-electron chi connectivity index (χ0n) is 15.1. The highest BCUT2D eigenvalue weighted by Gasteiger charge is 2.21. The number of anilines is 1. The molecule has 0 aliphatic heterocycles. The molecule has 1 atom stereocenters. The van der Waals surface area contributed by atoms with Crippen LogP contribution in [0.5, 0.6) is 0 Å². The fourth-order valence-electron chi connectivity index (χ4n) is 2.54. The third-order valence-electron chi connectivity index (χ3n) is 3.76. The number of aryl methyl sites for hydroxylation is 1. The van der Waals surface area contributed by atoms with Crippen LogP contribution >= 0.6 is 27.5 Å². The van der Waals surface area contributed by atoms with Gasteiger partial charge in [0.25, 0.3) is 5.91 Å². The number of esters is 1. The van der Waals surface area contributed by atoms with Crippen molar-refractivity contribution in [2.75, 3.05) is 11.4 Å². The van der Waals surface area contributed by atoms with E-state index >= 15 is 0 Å². The van der Waals surface area contributed by atoms with Gasteiger partial charge in [-0.25, -0.2) is 0 Å². The predicted octanol–water partition coefficient (Wildman–Crippen LogP) is 4.29. The number of aliphatic carboxylic acids is 1. The zero-order valence-corrected chi connectivity index (χ0v) is 17.4. The molecule has 8 heteroatoms. The van der Waals surface area contributed by atoms with Crippen LogP contribution in [-0.4, -0.2) is 34.5 Å². The monoisotopic (exact) mass is 467 g/mol. The minimum absolute atomic E-state index is 0.170. The molecule has 1 amide bonds. The van der Waals surface area contributed by atoms with Gasteiger partial charge in [0.05, 0.1) is 0 Å².